The number of piperidine rings is 1. The molecule has 8 heteroatoms. The Morgan fingerprint density at radius 3 is 3.05 bits per heavy atom. The first-order valence-corrected chi connectivity index (χ1v) is 8.37. The van der Waals surface area contributed by atoms with E-state index in [2.05, 4.69) is 20.2 Å². The number of rotatable bonds is 6. The molecule has 3 N–H and O–H groups in total. The highest BCUT2D eigenvalue weighted by molar-refractivity contribution is 7.87. The minimum atomic E-state index is -3.45. The van der Waals surface area contributed by atoms with Crippen LogP contribution in [0.5, 0.6) is 0 Å². The summed E-state index contributed by atoms with van der Waals surface area (Å²) in [6.45, 7) is 3.84. The van der Waals surface area contributed by atoms with E-state index in [4.69, 9.17) is 0 Å². The van der Waals surface area contributed by atoms with Gasteiger partial charge < -0.3 is 5.32 Å². The van der Waals surface area contributed by atoms with E-state index in [1.54, 1.807) is 16.7 Å². The van der Waals surface area contributed by atoms with Gasteiger partial charge in [-0.25, -0.2) is 0 Å². The zero-order valence-electron chi connectivity index (χ0n) is 12.0. The predicted molar refractivity (Wildman–Crippen MR) is 77.3 cm³/mol. The summed E-state index contributed by atoms with van der Waals surface area (Å²) in [4.78, 5) is 0. The molecule has 1 saturated heterocycles. The maximum Gasteiger partial charge on any atom is 0.280 e. The zero-order valence-corrected chi connectivity index (χ0v) is 12.8. The monoisotopic (exact) mass is 301 g/mol. The van der Waals surface area contributed by atoms with Gasteiger partial charge >= 0.3 is 0 Å². The molecule has 0 aromatic carbocycles. The summed E-state index contributed by atoms with van der Waals surface area (Å²) in [5, 5.41) is 9.65. The van der Waals surface area contributed by atoms with Gasteiger partial charge in [0.2, 0.25) is 0 Å². The number of nitrogens with one attached hydrogen (secondary N) is 3. The summed E-state index contributed by atoms with van der Waals surface area (Å²) in [7, 11) is -1.55. The van der Waals surface area contributed by atoms with Crippen LogP contribution >= 0.6 is 0 Å². The third-order valence-corrected chi connectivity index (χ3v) is 5.32. The fourth-order valence-corrected chi connectivity index (χ4v) is 4.07. The molecule has 1 fully saturated rings. The Kier molecular flexibility index (Phi) is 5.14. The molecule has 2 rings (SSSR count). The quantitative estimate of drug-likeness (QED) is 0.702. The Labute approximate surface area is 120 Å². The minimum absolute atomic E-state index is 0.288. The van der Waals surface area contributed by atoms with Gasteiger partial charge in [-0.3, -0.25) is 5.10 Å². The van der Waals surface area contributed by atoms with Crippen molar-refractivity contribution in [1.29, 1.82) is 0 Å². The predicted octanol–water partition coefficient (Wildman–Crippen LogP) is 0.237. The average Bonchev–Trinajstić information content (AvgIpc) is 2.93. The second-order valence-corrected chi connectivity index (χ2v) is 7.00. The van der Waals surface area contributed by atoms with Gasteiger partial charge in [-0.1, -0.05) is 0 Å². The number of aromatic nitrogens is 2. The van der Waals surface area contributed by atoms with Crippen LogP contribution in [0.25, 0.3) is 0 Å². The normalized spacial score (nSPS) is 22.8. The molecule has 1 aliphatic heterocycles. The molecule has 0 saturated carbocycles. The van der Waals surface area contributed by atoms with Crippen LogP contribution in [0.2, 0.25) is 0 Å². The van der Waals surface area contributed by atoms with Gasteiger partial charge in [-0.2, -0.15) is 22.5 Å². The second-order valence-electron chi connectivity index (χ2n) is 5.30. The Hall–Kier alpha value is -0.960. The first-order chi connectivity index (χ1) is 9.53. The van der Waals surface area contributed by atoms with Crippen LogP contribution in [-0.4, -0.2) is 49.6 Å². The van der Waals surface area contributed by atoms with E-state index in [0.717, 1.165) is 24.9 Å². The molecule has 0 amide bonds. The number of hydrogen-bond acceptors (Lipinski definition) is 4. The highest BCUT2D eigenvalue weighted by Crippen LogP contribution is 2.20. The molecule has 1 aliphatic rings. The van der Waals surface area contributed by atoms with Crippen molar-refractivity contribution in [3.05, 3.63) is 18.0 Å². The average molecular weight is 301 g/mol. The largest absolute Gasteiger partial charge is 0.319 e. The minimum Gasteiger partial charge on any atom is -0.319 e. The SMILES string of the molecule is CNCC1CCCN(S(=O)(=O)NC(C)c2cn[nH]c2)C1. The topological polar surface area (TPSA) is 90.1 Å². The van der Waals surface area contributed by atoms with Crippen molar-refractivity contribution in [2.75, 3.05) is 26.7 Å². The summed E-state index contributed by atoms with van der Waals surface area (Å²) in [5.41, 5.74) is 0.831. The summed E-state index contributed by atoms with van der Waals surface area (Å²) in [6.07, 6.45) is 5.32. The van der Waals surface area contributed by atoms with Gasteiger partial charge in [0.05, 0.1) is 6.20 Å². The van der Waals surface area contributed by atoms with Crippen LogP contribution in [0, 0.1) is 5.92 Å². The van der Waals surface area contributed by atoms with E-state index in [-0.39, 0.29) is 6.04 Å². The van der Waals surface area contributed by atoms with E-state index in [1.807, 2.05) is 14.0 Å². The number of hydrogen-bond donors (Lipinski definition) is 3. The summed E-state index contributed by atoms with van der Waals surface area (Å²) >= 11 is 0. The Balaban J connectivity index is 1.99. The fraction of sp³-hybridized carbons (Fsp3) is 0.750. The molecule has 0 bridgehead atoms. The van der Waals surface area contributed by atoms with Crippen LogP contribution in [0.3, 0.4) is 0 Å². The Morgan fingerprint density at radius 2 is 2.40 bits per heavy atom. The number of aromatic amines is 1. The molecule has 114 valence electrons. The molecular formula is C12H23N5O2S. The zero-order chi connectivity index (χ0) is 14.6. The van der Waals surface area contributed by atoms with Crippen LogP contribution in [0.4, 0.5) is 0 Å². The van der Waals surface area contributed by atoms with Crippen molar-refractivity contribution in [2.45, 2.75) is 25.8 Å². The molecule has 7 nitrogen and oxygen atoms in total. The van der Waals surface area contributed by atoms with E-state index in [9.17, 15) is 8.42 Å². The van der Waals surface area contributed by atoms with Crippen molar-refractivity contribution < 1.29 is 8.42 Å². The van der Waals surface area contributed by atoms with Gasteiger partial charge in [-0.15, -0.1) is 0 Å². The van der Waals surface area contributed by atoms with Gasteiger partial charge in [0.15, 0.2) is 0 Å². The molecule has 2 atom stereocenters. The van der Waals surface area contributed by atoms with E-state index >= 15 is 0 Å². The number of nitrogens with zero attached hydrogens (tertiary/aromatic N) is 2. The van der Waals surface area contributed by atoms with Gasteiger partial charge in [-0.05, 0) is 39.3 Å². The van der Waals surface area contributed by atoms with E-state index in [1.165, 1.54) is 0 Å². The molecule has 0 aliphatic carbocycles. The van der Waals surface area contributed by atoms with Crippen LogP contribution in [0.1, 0.15) is 31.4 Å². The highest BCUT2D eigenvalue weighted by atomic mass is 32.2. The molecule has 1 aromatic rings. The molecule has 2 heterocycles. The molecular weight excluding hydrogens is 278 g/mol. The van der Waals surface area contributed by atoms with E-state index < -0.39 is 10.2 Å². The molecule has 0 radical (unpaired) electrons. The maximum atomic E-state index is 12.4. The van der Waals surface area contributed by atoms with Gasteiger partial charge in [0.25, 0.3) is 10.2 Å². The van der Waals surface area contributed by atoms with Crippen LogP contribution in [0.15, 0.2) is 12.4 Å². The first-order valence-electron chi connectivity index (χ1n) is 6.93. The molecule has 1 aromatic heterocycles. The van der Waals surface area contributed by atoms with Crippen LogP contribution < -0.4 is 10.0 Å². The number of H-pyrrole nitrogens is 1. The summed E-state index contributed by atoms with van der Waals surface area (Å²) in [5.74, 6) is 0.384. The standard InChI is InChI=1S/C12H23N5O2S/c1-10(12-7-14-15-8-12)16-20(18,19)17-5-3-4-11(9-17)6-13-2/h7-8,10-11,13,16H,3-6,9H2,1-2H3,(H,14,15). The second kappa shape index (κ2) is 6.66. The fourth-order valence-electron chi connectivity index (χ4n) is 2.56. The summed E-state index contributed by atoms with van der Waals surface area (Å²) in [6, 6.07) is -0.288. The lowest BCUT2D eigenvalue weighted by Crippen LogP contribution is -2.47. The van der Waals surface area contributed by atoms with Crippen molar-refractivity contribution in [2.24, 2.45) is 5.92 Å². The lowest BCUT2D eigenvalue weighted by molar-refractivity contribution is 0.260. The Bertz CT molecular complexity index is 500. The van der Waals surface area contributed by atoms with Crippen molar-refractivity contribution >= 4 is 10.2 Å². The lowest BCUT2D eigenvalue weighted by Gasteiger charge is -2.32. The van der Waals surface area contributed by atoms with Gasteiger partial charge in [0.1, 0.15) is 0 Å². The van der Waals surface area contributed by atoms with Crippen LogP contribution in [-0.2, 0) is 10.2 Å². The molecule has 2 unspecified atom stereocenters. The Morgan fingerprint density at radius 1 is 1.60 bits per heavy atom. The smallest absolute Gasteiger partial charge is 0.280 e. The van der Waals surface area contributed by atoms with Crippen molar-refractivity contribution in [1.82, 2.24) is 24.5 Å². The van der Waals surface area contributed by atoms with Crippen molar-refractivity contribution in [3.63, 3.8) is 0 Å². The van der Waals surface area contributed by atoms with Gasteiger partial charge in [0, 0.05) is 30.9 Å². The lowest BCUT2D eigenvalue weighted by atomic mass is 10.00. The van der Waals surface area contributed by atoms with E-state index in [0.29, 0.717) is 19.0 Å². The molecule has 0 spiro atoms. The first kappa shape index (κ1) is 15.4. The third-order valence-electron chi connectivity index (χ3n) is 3.66. The molecule has 20 heavy (non-hydrogen) atoms. The third kappa shape index (κ3) is 3.78. The van der Waals surface area contributed by atoms with Crippen molar-refractivity contribution in [3.8, 4) is 0 Å². The highest BCUT2D eigenvalue weighted by Gasteiger charge is 2.29. The maximum absolute atomic E-state index is 12.4. The summed E-state index contributed by atoms with van der Waals surface area (Å²) < 4.78 is 29.1.